The van der Waals surface area contributed by atoms with Crippen molar-refractivity contribution in [3.63, 3.8) is 0 Å². The molecule has 0 saturated heterocycles. The summed E-state index contributed by atoms with van der Waals surface area (Å²) in [5.74, 6) is 0.827. The highest BCUT2D eigenvalue weighted by Gasteiger charge is 1.99. The van der Waals surface area contributed by atoms with Gasteiger partial charge in [0.2, 0.25) is 0 Å². The average Bonchev–Trinajstić information content (AvgIpc) is 2.54. The van der Waals surface area contributed by atoms with E-state index in [1.807, 2.05) is 6.92 Å². The molecule has 0 unspecified atom stereocenters. The zero-order valence-electron chi connectivity index (χ0n) is 14.4. The number of aliphatic imine (C=N–C) groups is 1. The van der Waals surface area contributed by atoms with Crippen molar-refractivity contribution in [1.29, 1.82) is 0 Å². The topological polar surface area (TPSA) is 54.9 Å². The third-order valence-corrected chi connectivity index (χ3v) is 3.20. The summed E-state index contributed by atoms with van der Waals surface area (Å²) >= 11 is 0. The van der Waals surface area contributed by atoms with Crippen molar-refractivity contribution < 1.29 is 9.47 Å². The summed E-state index contributed by atoms with van der Waals surface area (Å²) in [4.78, 5) is 4.23. The number of halogens is 1. The van der Waals surface area contributed by atoms with Gasteiger partial charge in [-0.3, -0.25) is 4.99 Å². The molecule has 5 nitrogen and oxygen atoms in total. The lowest BCUT2D eigenvalue weighted by atomic mass is 10.1. The number of benzene rings is 1. The molecule has 1 aromatic rings. The molecule has 0 fully saturated rings. The smallest absolute Gasteiger partial charge is 0.191 e. The predicted octanol–water partition coefficient (Wildman–Crippen LogP) is 2.93. The first-order chi connectivity index (χ1) is 10.8. The maximum Gasteiger partial charge on any atom is 0.191 e. The minimum atomic E-state index is 0. The Bertz CT molecular complexity index is 442. The van der Waals surface area contributed by atoms with Crippen LogP contribution in [0.25, 0.3) is 0 Å². The fourth-order valence-electron chi connectivity index (χ4n) is 2.08. The van der Waals surface area contributed by atoms with Crippen LogP contribution in [0.2, 0.25) is 0 Å². The molecule has 0 amide bonds. The standard InChI is InChI=1S/C17H29N3O2.HI/c1-4-22-11-6-5-10-19-17(18-2)20-13-15-8-7-9-16(12-15)14-21-3;/h7-9,12H,4-6,10-11,13-14H2,1-3H3,(H2,18,19,20);1H. The van der Waals surface area contributed by atoms with E-state index in [1.165, 1.54) is 11.1 Å². The van der Waals surface area contributed by atoms with Gasteiger partial charge < -0.3 is 20.1 Å². The molecule has 0 aliphatic rings. The highest BCUT2D eigenvalue weighted by Crippen LogP contribution is 2.06. The van der Waals surface area contributed by atoms with Gasteiger partial charge in [-0.25, -0.2) is 0 Å². The second-order valence-corrected chi connectivity index (χ2v) is 5.01. The zero-order valence-corrected chi connectivity index (χ0v) is 16.8. The largest absolute Gasteiger partial charge is 0.382 e. The summed E-state index contributed by atoms with van der Waals surface area (Å²) in [7, 11) is 3.50. The molecule has 0 atom stereocenters. The number of methoxy groups -OCH3 is 1. The number of hydrogen-bond donors (Lipinski definition) is 2. The van der Waals surface area contributed by atoms with Crippen molar-refractivity contribution in [2.75, 3.05) is 33.9 Å². The van der Waals surface area contributed by atoms with E-state index in [0.29, 0.717) is 6.61 Å². The van der Waals surface area contributed by atoms with Gasteiger partial charge in [0.15, 0.2) is 5.96 Å². The molecule has 0 radical (unpaired) electrons. The molecule has 1 rings (SSSR count). The summed E-state index contributed by atoms with van der Waals surface area (Å²) in [5.41, 5.74) is 2.40. The van der Waals surface area contributed by atoms with Gasteiger partial charge in [-0.2, -0.15) is 0 Å². The Morgan fingerprint density at radius 1 is 1.17 bits per heavy atom. The summed E-state index contributed by atoms with van der Waals surface area (Å²) in [6.07, 6.45) is 2.14. The third kappa shape index (κ3) is 10.5. The van der Waals surface area contributed by atoms with Crippen molar-refractivity contribution in [2.24, 2.45) is 4.99 Å². The number of nitrogens with one attached hydrogen (secondary N) is 2. The van der Waals surface area contributed by atoms with Crippen LogP contribution in [0.3, 0.4) is 0 Å². The minimum Gasteiger partial charge on any atom is -0.382 e. The van der Waals surface area contributed by atoms with Crippen LogP contribution >= 0.6 is 24.0 Å². The average molecular weight is 435 g/mol. The van der Waals surface area contributed by atoms with Gasteiger partial charge in [-0.1, -0.05) is 24.3 Å². The SMILES string of the molecule is CCOCCCCNC(=NC)NCc1cccc(COC)c1.I. The van der Waals surface area contributed by atoms with E-state index < -0.39 is 0 Å². The minimum absolute atomic E-state index is 0. The lowest BCUT2D eigenvalue weighted by molar-refractivity contribution is 0.143. The molecule has 132 valence electrons. The van der Waals surface area contributed by atoms with Crippen LogP contribution in [0.15, 0.2) is 29.3 Å². The van der Waals surface area contributed by atoms with E-state index >= 15 is 0 Å². The Labute approximate surface area is 157 Å². The third-order valence-electron chi connectivity index (χ3n) is 3.20. The molecule has 0 spiro atoms. The summed E-state index contributed by atoms with van der Waals surface area (Å²) < 4.78 is 10.5. The van der Waals surface area contributed by atoms with Crippen LogP contribution in [0, 0.1) is 0 Å². The molecule has 6 heteroatoms. The molecule has 2 N–H and O–H groups in total. The van der Waals surface area contributed by atoms with Crippen LogP contribution in [0.5, 0.6) is 0 Å². The van der Waals surface area contributed by atoms with Crippen molar-refractivity contribution in [2.45, 2.75) is 32.9 Å². The van der Waals surface area contributed by atoms with Crippen molar-refractivity contribution in [1.82, 2.24) is 10.6 Å². The maximum atomic E-state index is 5.32. The van der Waals surface area contributed by atoms with Gasteiger partial charge in [0.1, 0.15) is 0 Å². The molecule has 0 saturated carbocycles. The zero-order chi connectivity index (χ0) is 16.0. The molecular weight excluding hydrogens is 405 g/mol. The molecule has 0 heterocycles. The monoisotopic (exact) mass is 435 g/mol. The molecule has 0 bridgehead atoms. The van der Waals surface area contributed by atoms with E-state index in [-0.39, 0.29) is 24.0 Å². The first-order valence-corrected chi connectivity index (χ1v) is 7.89. The Kier molecular flexibility index (Phi) is 14.2. The highest BCUT2D eigenvalue weighted by atomic mass is 127. The van der Waals surface area contributed by atoms with Crippen LogP contribution in [-0.2, 0) is 22.6 Å². The Balaban J connectivity index is 0.00000484. The van der Waals surface area contributed by atoms with Gasteiger partial charge in [0, 0.05) is 40.5 Å². The van der Waals surface area contributed by atoms with Crippen LogP contribution in [-0.4, -0.2) is 39.9 Å². The lowest BCUT2D eigenvalue weighted by Gasteiger charge is -2.12. The number of hydrogen-bond acceptors (Lipinski definition) is 3. The summed E-state index contributed by atoms with van der Waals surface area (Å²) in [5, 5.41) is 6.64. The molecule has 0 aromatic heterocycles. The molecule has 23 heavy (non-hydrogen) atoms. The predicted molar refractivity (Wildman–Crippen MR) is 106 cm³/mol. The van der Waals surface area contributed by atoms with Crippen LogP contribution in [0.4, 0.5) is 0 Å². The Hall–Kier alpha value is -0.860. The first kappa shape index (κ1) is 22.1. The molecule has 0 aliphatic heterocycles. The second-order valence-electron chi connectivity index (χ2n) is 5.01. The Morgan fingerprint density at radius 2 is 1.96 bits per heavy atom. The molecule has 0 aliphatic carbocycles. The van der Waals surface area contributed by atoms with E-state index in [0.717, 1.165) is 45.1 Å². The van der Waals surface area contributed by atoms with Crippen molar-refractivity contribution in [3.8, 4) is 0 Å². The quantitative estimate of drug-likeness (QED) is 0.257. The fourth-order valence-corrected chi connectivity index (χ4v) is 2.08. The van der Waals surface area contributed by atoms with E-state index in [9.17, 15) is 0 Å². The first-order valence-electron chi connectivity index (χ1n) is 7.89. The Morgan fingerprint density at radius 3 is 2.65 bits per heavy atom. The van der Waals surface area contributed by atoms with Gasteiger partial charge in [0.05, 0.1) is 6.61 Å². The van der Waals surface area contributed by atoms with Gasteiger partial charge >= 0.3 is 0 Å². The summed E-state index contributed by atoms with van der Waals surface area (Å²) in [6, 6.07) is 8.36. The number of rotatable bonds is 10. The van der Waals surface area contributed by atoms with Crippen LogP contribution in [0.1, 0.15) is 30.9 Å². The summed E-state index contributed by atoms with van der Waals surface area (Å²) in [6.45, 7) is 5.92. The maximum absolute atomic E-state index is 5.32. The number of guanidine groups is 1. The van der Waals surface area contributed by atoms with Gasteiger partial charge in [-0.15, -0.1) is 24.0 Å². The van der Waals surface area contributed by atoms with E-state index in [2.05, 4.69) is 39.9 Å². The molecule has 1 aromatic carbocycles. The van der Waals surface area contributed by atoms with E-state index in [1.54, 1.807) is 14.2 Å². The fraction of sp³-hybridized carbons (Fsp3) is 0.588. The van der Waals surface area contributed by atoms with Gasteiger partial charge in [0.25, 0.3) is 0 Å². The number of unbranched alkanes of at least 4 members (excludes halogenated alkanes) is 1. The van der Waals surface area contributed by atoms with Crippen LogP contribution < -0.4 is 10.6 Å². The lowest BCUT2D eigenvalue weighted by Crippen LogP contribution is -2.37. The highest BCUT2D eigenvalue weighted by molar-refractivity contribution is 14.0. The van der Waals surface area contributed by atoms with E-state index in [4.69, 9.17) is 9.47 Å². The van der Waals surface area contributed by atoms with Crippen molar-refractivity contribution in [3.05, 3.63) is 35.4 Å². The van der Waals surface area contributed by atoms with Crippen molar-refractivity contribution >= 4 is 29.9 Å². The number of nitrogens with zero attached hydrogens (tertiary/aromatic N) is 1. The normalized spacial score (nSPS) is 11.0. The second kappa shape index (κ2) is 14.7. The van der Waals surface area contributed by atoms with Gasteiger partial charge in [-0.05, 0) is 30.9 Å². The molecular formula is C17H30IN3O2. The number of ether oxygens (including phenoxy) is 2.